The summed E-state index contributed by atoms with van der Waals surface area (Å²) < 4.78 is 0. The summed E-state index contributed by atoms with van der Waals surface area (Å²) in [5.74, 6) is -1.23. The number of carbonyl (C=O) groups excluding carboxylic acids is 3. The van der Waals surface area contributed by atoms with E-state index in [1.165, 1.54) is 5.48 Å². The monoisotopic (exact) mass is 318 g/mol. The molecule has 0 aliphatic heterocycles. The summed E-state index contributed by atoms with van der Waals surface area (Å²) in [6.07, 6.45) is 2.11. The first-order valence-corrected chi connectivity index (χ1v) is 6.73. The maximum Gasteiger partial charge on any atom is 0.335 e. The molecule has 7 heteroatoms. The van der Waals surface area contributed by atoms with Crippen LogP contribution in [0.4, 0.5) is 4.79 Å². The number of ketones is 2. The third kappa shape index (κ3) is 4.52. The van der Waals surface area contributed by atoms with E-state index < -0.39 is 17.6 Å². The van der Waals surface area contributed by atoms with Crippen LogP contribution < -0.4 is 11.2 Å². The average Bonchev–Trinajstić information content (AvgIpc) is 2.53. The fraction of sp³-hybridized carbons (Fsp3) is 0.188. The molecule has 0 heterocycles. The smallest absolute Gasteiger partial charge is 0.335 e. The third-order valence-electron chi connectivity index (χ3n) is 3.02. The molecule has 1 aromatic carbocycles. The van der Waals surface area contributed by atoms with E-state index >= 15 is 0 Å². The molecule has 1 aromatic rings. The van der Waals surface area contributed by atoms with Gasteiger partial charge in [0.25, 0.3) is 0 Å². The minimum atomic E-state index is -0.940. The van der Waals surface area contributed by atoms with Gasteiger partial charge >= 0.3 is 6.03 Å². The highest BCUT2D eigenvalue weighted by atomic mass is 16.5. The average molecular weight is 318 g/mol. The number of primary amides is 1. The Bertz CT molecular complexity index is 700. The summed E-state index contributed by atoms with van der Waals surface area (Å²) in [5, 5.41) is 17.5. The molecule has 0 aromatic heterocycles. The van der Waals surface area contributed by atoms with Crippen molar-refractivity contribution < 1.29 is 24.7 Å². The van der Waals surface area contributed by atoms with Gasteiger partial charge in [-0.2, -0.15) is 0 Å². The predicted octanol–water partition coefficient (Wildman–Crippen LogP) is 2.12. The molecule has 2 rings (SSSR count). The van der Waals surface area contributed by atoms with Gasteiger partial charge in [0.2, 0.25) is 11.6 Å². The first-order chi connectivity index (χ1) is 10.8. The second-order valence-electron chi connectivity index (χ2n) is 4.99. The zero-order valence-corrected chi connectivity index (χ0v) is 12.8. The van der Waals surface area contributed by atoms with Crippen LogP contribution in [0.1, 0.15) is 36.2 Å². The van der Waals surface area contributed by atoms with Gasteiger partial charge in [0.1, 0.15) is 5.76 Å². The van der Waals surface area contributed by atoms with Gasteiger partial charge < -0.3 is 10.8 Å². The number of Topliss-reactive ketones (excluding diaryl/α,β-unsaturated/α-hetero) is 2. The lowest BCUT2D eigenvalue weighted by Crippen LogP contribution is -2.25. The lowest BCUT2D eigenvalue weighted by atomic mass is 9.87. The molecule has 5 N–H and O–H groups in total. The van der Waals surface area contributed by atoms with Gasteiger partial charge in [0.15, 0.2) is 0 Å². The van der Waals surface area contributed by atoms with Crippen molar-refractivity contribution in [2.75, 3.05) is 0 Å². The number of rotatable bonds is 2. The summed E-state index contributed by atoms with van der Waals surface area (Å²) >= 11 is 0. The van der Waals surface area contributed by atoms with E-state index in [2.05, 4.69) is 5.73 Å². The lowest BCUT2D eigenvalue weighted by Gasteiger charge is -2.16. The Kier molecular flexibility index (Phi) is 6.23. The summed E-state index contributed by atoms with van der Waals surface area (Å²) in [6.45, 7) is 3.81. The van der Waals surface area contributed by atoms with Crippen LogP contribution in [0.2, 0.25) is 0 Å². The van der Waals surface area contributed by atoms with Crippen molar-refractivity contribution in [3.63, 3.8) is 0 Å². The Balaban J connectivity index is 0.000000463. The molecule has 7 nitrogen and oxygen atoms in total. The first kappa shape index (κ1) is 18.1. The van der Waals surface area contributed by atoms with Crippen LogP contribution in [-0.2, 0) is 4.79 Å². The van der Waals surface area contributed by atoms with Gasteiger partial charge in [-0.1, -0.05) is 35.9 Å². The standard InChI is InChI=1S/C15H14O3.CH4N2O2/c1-9(2)7-8-12-13(16)10-5-3-4-6-11(10)14(17)15(12)18;2-1(4)3-5/h3-7,16H,8H2,1-2H3;5H,(H3,2,3,4). The number of amides is 2. The number of carbonyl (C=O) groups is 3. The van der Waals surface area contributed by atoms with E-state index in [-0.39, 0.29) is 23.3 Å². The molecule has 0 saturated heterocycles. The van der Waals surface area contributed by atoms with Crippen LogP contribution >= 0.6 is 0 Å². The molecule has 122 valence electrons. The van der Waals surface area contributed by atoms with Crippen LogP contribution in [0.3, 0.4) is 0 Å². The Hall–Kier alpha value is -2.93. The molecule has 2 amide bonds. The van der Waals surface area contributed by atoms with Crippen molar-refractivity contribution in [1.29, 1.82) is 0 Å². The largest absolute Gasteiger partial charge is 0.507 e. The molecular weight excluding hydrogens is 300 g/mol. The second-order valence-corrected chi connectivity index (χ2v) is 4.99. The number of benzene rings is 1. The van der Waals surface area contributed by atoms with E-state index in [4.69, 9.17) is 5.21 Å². The van der Waals surface area contributed by atoms with Crippen molar-refractivity contribution in [2.24, 2.45) is 5.73 Å². The van der Waals surface area contributed by atoms with Crippen LogP contribution in [0.25, 0.3) is 5.76 Å². The van der Waals surface area contributed by atoms with Crippen LogP contribution in [-0.4, -0.2) is 27.9 Å². The van der Waals surface area contributed by atoms with Crippen molar-refractivity contribution in [1.82, 2.24) is 5.48 Å². The van der Waals surface area contributed by atoms with Crippen LogP contribution in [0.15, 0.2) is 41.5 Å². The Morgan fingerprint density at radius 3 is 2.17 bits per heavy atom. The van der Waals surface area contributed by atoms with E-state index in [9.17, 15) is 19.5 Å². The van der Waals surface area contributed by atoms with Gasteiger partial charge in [-0.25, -0.2) is 10.3 Å². The maximum absolute atomic E-state index is 11.9. The van der Waals surface area contributed by atoms with Crippen molar-refractivity contribution in [2.45, 2.75) is 20.3 Å². The number of nitrogens with one attached hydrogen (secondary N) is 1. The minimum Gasteiger partial charge on any atom is -0.507 e. The first-order valence-electron chi connectivity index (χ1n) is 6.73. The Morgan fingerprint density at radius 2 is 1.70 bits per heavy atom. The highest BCUT2D eigenvalue weighted by molar-refractivity contribution is 6.52. The number of fused-ring (bicyclic) bond motifs is 1. The molecule has 23 heavy (non-hydrogen) atoms. The number of aliphatic hydroxyl groups excluding tert-OH is 1. The van der Waals surface area contributed by atoms with Crippen LogP contribution in [0, 0.1) is 0 Å². The predicted molar refractivity (Wildman–Crippen MR) is 83.9 cm³/mol. The topological polar surface area (TPSA) is 130 Å². The summed E-state index contributed by atoms with van der Waals surface area (Å²) in [5.41, 5.74) is 7.40. The highest BCUT2D eigenvalue weighted by Gasteiger charge is 2.31. The molecule has 0 bridgehead atoms. The Labute approximate surface area is 133 Å². The minimum absolute atomic E-state index is 0.0762. The number of nitrogens with two attached hydrogens (primary N) is 1. The molecule has 1 aliphatic rings. The van der Waals surface area contributed by atoms with Gasteiger partial charge in [0, 0.05) is 16.7 Å². The van der Waals surface area contributed by atoms with Gasteiger partial charge in [0.05, 0.1) is 0 Å². The summed E-state index contributed by atoms with van der Waals surface area (Å²) in [7, 11) is 0. The Morgan fingerprint density at radius 1 is 1.17 bits per heavy atom. The molecule has 0 unspecified atom stereocenters. The van der Waals surface area contributed by atoms with Crippen molar-refractivity contribution in [3.05, 3.63) is 52.6 Å². The molecule has 0 fully saturated rings. The van der Waals surface area contributed by atoms with Gasteiger partial charge in [-0.05, 0) is 20.3 Å². The maximum atomic E-state index is 11.9. The van der Waals surface area contributed by atoms with Crippen molar-refractivity contribution >= 4 is 23.4 Å². The lowest BCUT2D eigenvalue weighted by molar-refractivity contribution is -0.112. The number of urea groups is 1. The quantitative estimate of drug-likeness (QED) is 0.287. The van der Waals surface area contributed by atoms with Crippen LogP contribution in [0.5, 0.6) is 0 Å². The zero-order chi connectivity index (χ0) is 17.6. The second kappa shape index (κ2) is 7.90. The normalized spacial score (nSPS) is 12.8. The highest BCUT2D eigenvalue weighted by Crippen LogP contribution is 2.29. The van der Waals surface area contributed by atoms with E-state index in [1.807, 2.05) is 19.9 Å². The SMILES string of the molecule is CC(C)=CCC1=C(O)c2ccccc2C(=O)C1=O.NC(=O)NO. The fourth-order valence-electron chi connectivity index (χ4n) is 1.91. The number of hydrogen-bond donors (Lipinski definition) is 4. The number of allylic oxidation sites excluding steroid dienone is 3. The molecule has 0 radical (unpaired) electrons. The number of hydrogen-bond acceptors (Lipinski definition) is 5. The van der Waals surface area contributed by atoms with E-state index in [0.29, 0.717) is 5.56 Å². The van der Waals surface area contributed by atoms with Crippen molar-refractivity contribution in [3.8, 4) is 0 Å². The van der Waals surface area contributed by atoms with Gasteiger partial charge in [-0.3, -0.25) is 14.8 Å². The summed E-state index contributed by atoms with van der Waals surface area (Å²) in [4.78, 5) is 33.0. The fourth-order valence-corrected chi connectivity index (χ4v) is 1.91. The van der Waals surface area contributed by atoms with E-state index in [1.54, 1.807) is 24.3 Å². The summed E-state index contributed by atoms with van der Waals surface area (Å²) in [6, 6.07) is 5.68. The molecule has 0 atom stereocenters. The van der Waals surface area contributed by atoms with Gasteiger partial charge in [-0.15, -0.1) is 0 Å². The molecule has 0 spiro atoms. The van der Waals surface area contributed by atoms with E-state index in [0.717, 1.165) is 5.57 Å². The zero-order valence-electron chi connectivity index (χ0n) is 12.8. The molecule has 1 aliphatic carbocycles. The molecule has 0 saturated carbocycles. The molecular formula is C16H18N2O5. The number of aliphatic hydroxyl groups is 1. The third-order valence-corrected chi connectivity index (χ3v) is 3.02. The number of hydroxylamine groups is 1.